The van der Waals surface area contributed by atoms with Crippen LogP contribution in [0.2, 0.25) is 5.02 Å². The molecule has 0 bridgehead atoms. The van der Waals surface area contributed by atoms with E-state index in [1.54, 1.807) is 18.0 Å². The van der Waals surface area contributed by atoms with Crippen LogP contribution in [-0.4, -0.2) is 28.1 Å². The van der Waals surface area contributed by atoms with Crippen molar-refractivity contribution in [1.29, 1.82) is 0 Å². The fraction of sp³-hybridized carbons (Fsp3) is 0.750. The molecule has 5 heteroatoms. The second-order valence-corrected chi connectivity index (χ2v) is 4.99. The highest BCUT2D eigenvalue weighted by Crippen LogP contribution is 2.40. The number of aromatic nitrogens is 2. The zero-order valence-corrected chi connectivity index (χ0v) is 11.0. The predicted octanol–water partition coefficient (Wildman–Crippen LogP) is 2.40. The Morgan fingerprint density at radius 1 is 1.65 bits per heavy atom. The fourth-order valence-corrected chi connectivity index (χ4v) is 2.47. The van der Waals surface area contributed by atoms with Gasteiger partial charge < -0.3 is 9.84 Å². The third-order valence-corrected chi connectivity index (χ3v) is 3.51. The number of rotatable bonds is 6. The maximum absolute atomic E-state index is 10.4. The topological polar surface area (TPSA) is 47.3 Å². The highest BCUT2D eigenvalue weighted by Gasteiger charge is 2.38. The molecule has 1 N–H and O–H groups in total. The van der Waals surface area contributed by atoms with Gasteiger partial charge in [0.05, 0.1) is 23.0 Å². The van der Waals surface area contributed by atoms with Gasteiger partial charge in [0.1, 0.15) is 6.10 Å². The molecule has 2 atom stereocenters. The van der Waals surface area contributed by atoms with Gasteiger partial charge in [0.25, 0.3) is 0 Å². The first kappa shape index (κ1) is 12.9. The van der Waals surface area contributed by atoms with Crippen molar-refractivity contribution in [3.63, 3.8) is 0 Å². The molecule has 2 rings (SSSR count). The molecule has 0 amide bonds. The highest BCUT2D eigenvalue weighted by molar-refractivity contribution is 6.31. The average Bonchev–Trinajstić information content (AvgIpc) is 3.06. The minimum absolute atomic E-state index is 0.167. The Balaban J connectivity index is 2.21. The first-order chi connectivity index (χ1) is 8.19. The normalized spacial score (nSPS) is 19.3. The van der Waals surface area contributed by atoms with Gasteiger partial charge in [-0.3, -0.25) is 4.68 Å². The van der Waals surface area contributed by atoms with Crippen molar-refractivity contribution in [3.05, 3.63) is 16.9 Å². The molecule has 2 unspecified atom stereocenters. The molecule has 0 spiro atoms. The summed E-state index contributed by atoms with van der Waals surface area (Å²) < 4.78 is 7.18. The fourth-order valence-electron chi connectivity index (χ4n) is 2.22. The summed E-state index contributed by atoms with van der Waals surface area (Å²) in [7, 11) is 1.64. The van der Waals surface area contributed by atoms with Crippen LogP contribution in [-0.2, 0) is 11.3 Å². The van der Waals surface area contributed by atoms with Crippen molar-refractivity contribution in [2.24, 2.45) is 5.92 Å². The average molecular weight is 259 g/mol. The van der Waals surface area contributed by atoms with Gasteiger partial charge in [-0.1, -0.05) is 18.5 Å². The van der Waals surface area contributed by atoms with Crippen molar-refractivity contribution >= 4 is 11.6 Å². The van der Waals surface area contributed by atoms with E-state index in [1.165, 1.54) is 0 Å². The van der Waals surface area contributed by atoms with E-state index in [0.29, 0.717) is 16.6 Å². The predicted molar refractivity (Wildman–Crippen MR) is 66.0 cm³/mol. The van der Waals surface area contributed by atoms with Crippen molar-refractivity contribution in [2.45, 2.75) is 44.9 Å². The largest absolute Gasteiger partial charge is 0.384 e. The molecule has 1 heterocycles. The van der Waals surface area contributed by atoms with E-state index in [4.69, 9.17) is 16.3 Å². The van der Waals surface area contributed by atoms with Crippen molar-refractivity contribution in [1.82, 2.24) is 9.78 Å². The third kappa shape index (κ3) is 2.64. The number of aliphatic hydroxyl groups is 1. The molecule has 96 valence electrons. The molecule has 1 aromatic rings. The quantitative estimate of drug-likeness (QED) is 0.852. The Hall–Kier alpha value is -0.580. The minimum atomic E-state index is -0.686. The molecule has 1 saturated carbocycles. The summed E-state index contributed by atoms with van der Waals surface area (Å²) in [6.45, 7) is 2.83. The lowest BCUT2D eigenvalue weighted by molar-refractivity contribution is -0.0299. The van der Waals surface area contributed by atoms with Gasteiger partial charge >= 0.3 is 0 Å². The van der Waals surface area contributed by atoms with Crippen LogP contribution in [0, 0.1) is 5.92 Å². The Bertz CT molecular complexity index is 377. The molecule has 0 aliphatic heterocycles. The van der Waals surface area contributed by atoms with E-state index >= 15 is 0 Å². The van der Waals surface area contributed by atoms with Gasteiger partial charge in [0, 0.05) is 13.7 Å². The van der Waals surface area contributed by atoms with Crippen LogP contribution in [0.5, 0.6) is 0 Å². The van der Waals surface area contributed by atoms with Gasteiger partial charge in [-0.05, 0) is 25.2 Å². The van der Waals surface area contributed by atoms with E-state index in [-0.39, 0.29) is 6.10 Å². The lowest BCUT2D eigenvalue weighted by Gasteiger charge is -2.22. The second-order valence-electron chi connectivity index (χ2n) is 4.58. The molecule has 0 radical (unpaired) electrons. The number of aliphatic hydroxyl groups excluding tert-OH is 1. The monoisotopic (exact) mass is 258 g/mol. The van der Waals surface area contributed by atoms with Gasteiger partial charge in [0.2, 0.25) is 0 Å². The van der Waals surface area contributed by atoms with Gasteiger partial charge in [0.15, 0.2) is 0 Å². The van der Waals surface area contributed by atoms with Crippen LogP contribution < -0.4 is 0 Å². The van der Waals surface area contributed by atoms with Crippen molar-refractivity contribution in [3.8, 4) is 0 Å². The van der Waals surface area contributed by atoms with Crippen LogP contribution >= 0.6 is 11.6 Å². The summed E-state index contributed by atoms with van der Waals surface area (Å²) in [6, 6.07) is 0. The Kier molecular flexibility index (Phi) is 4.07. The van der Waals surface area contributed by atoms with Gasteiger partial charge in [-0.15, -0.1) is 0 Å². The van der Waals surface area contributed by atoms with Crippen LogP contribution in [0.1, 0.15) is 38.0 Å². The SMILES string of the molecule is CCCn1ncc(Cl)c1C(O)C(OC)C1CC1. The number of methoxy groups -OCH3 is 1. The lowest BCUT2D eigenvalue weighted by atomic mass is 10.1. The van der Waals surface area contributed by atoms with Crippen LogP contribution in [0.25, 0.3) is 0 Å². The molecule has 1 aliphatic carbocycles. The maximum Gasteiger partial charge on any atom is 0.123 e. The van der Waals surface area contributed by atoms with Crippen LogP contribution in [0.3, 0.4) is 0 Å². The highest BCUT2D eigenvalue weighted by atomic mass is 35.5. The number of nitrogens with zero attached hydrogens (tertiary/aromatic N) is 2. The zero-order valence-electron chi connectivity index (χ0n) is 10.3. The molecule has 1 aromatic heterocycles. The second kappa shape index (κ2) is 5.38. The van der Waals surface area contributed by atoms with E-state index in [0.717, 1.165) is 25.8 Å². The third-order valence-electron chi connectivity index (χ3n) is 3.22. The van der Waals surface area contributed by atoms with Crippen molar-refractivity contribution in [2.75, 3.05) is 7.11 Å². The van der Waals surface area contributed by atoms with E-state index in [2.05, 4.69) is 12.0 Å². The number of halogens is 1. The van der Waals surface area contributed by atoms with Crippen LogP contribution in [0.4, 0.5) is 0 Å². The molecule has 1 fully saturated rings. The first-order valence-electron chi connectivity index (χ1n) is 6.11. The molecule has 1 aliphatic rings. The van der Waals surface area contributed by atoms with E-state index in [9.17, 15) is 5.11 Å². The smallest absolute Gasteiger partial charge is 0.123 e. The molecular weight excluding hydrogens is 240 g/mol. The van der Waals surface area contributed by atoms with Gasteiger partial charge in [-0.25, -0.2) is 0 Å². The summed E-state index contributed by atoms with van der Waals surface area (Å²) in [6.07, 6.45) is 3.94. The first-order valence-corrected chi connectivity index (χ1v) is 6.48. The molecular formula is C12H19ClN2O2. The van der Waals surface area contributed by atoms with E-state index in [1.807, 2.05) is 0 Å². The van der Waals surface area contributed by atoms with E-state index < -0.39 is 6.10 Å². The molecule has 4 nitrogen and oxygen atoms in total. The Morgan fingerprint density at radius 3 is 2.88 bits per heavy atom. The number of ether oxygens (including phenoxy) is 1. The summed E-state index contributed by atoms with van der Waals surface area (Å²) in [5, 5.41) is 15.1. The Labute approximate surface area is 107 Å². The summed E-state index contributed by atoms with van der Waals surface area (Å²) >= 11 is 6.10. The number of aryl methyl sites for hydroxylation is 1. The lowest BCUT2D eigenvalue weighted by Crippen LogP contribution is -2.25. The zero-order chi connectivity index (χ0) is 12.4. The van der Waals surface area contributed by atoms with Crippen molar-refractivity contribution < 1.29 is 9.84 Å². The number of hydrogen-bond acceptors (Lipinski definition) is 3. The molecule has 0 aromatic carbocycles. The number of hydrogen-bond donors (Lipinski definition) is 1. The molecule has 0 saturated heterocycles. The molecule has 17 heavy (non-hydrogen) atoms. The Morgan fingerprint density at radius 2 is 2.35 bits per heavy atom. The van der Waals surface area contributed by atoms with Crippen LogP contribution in [0.15, 0.2) is 6.20 Å². The standard InChI is InChI=1S/C12H19ClN2O2/c1-3-6-15-10(9(13)7-14-15)11(16)12(17-2)8-4-5-8/h7-8,11-12,16H,3-6H2,1-2H3. The minimum Gasteiger partial charge on any atom is -0.384 e. The maximum atomic E-state index is 10.4. The van der Waals surface area contributed by atoms with Gasteiger partial charge in [-0.2, -0.15) is 5.10 Å². The summed E-state index contributed by atoms with van der Waals surface area (Å²) in [4.78, 5) is 0. The summed E-state index contributed by atoms with van der Waals surface area (Å²) in [5.41, 5.74) is 0.687. The summed E-state index contributed by atoms with van der Waals surface area (Å²) in [5.74, 6) is 0.455.